The zero-order valence-electron chi connectivity index (χ0n) is 18.7. The van der Waals surface area contributed by atoms with Gasteiger partial charge >= 0.3 is 7.82 Å². The van der Waals surface area contributed by atoms with Gasteiger partial charge in [0.05, 0.1) is 59.3 Å². The van der Waals surface area contributed by atoms with Gasteiger partial charge in [-0.3, -0.25) is 28.1 Å². The molecular weight excluding hydrogens is 497 g/mol. The first-order valence-corrected chi connectivity index (χ1v) is 12.9. The van der Waals surface area contributed by atoms with Crippen LogP contribution in [0.5, 0.6) is 0 Å². The second kappa shape index (κ2) is 9.13. The fourth-order valence-electron chi connectivity index (χ4n) is 5.38. The van der Waals surface area contributed by atoms with Gasteiger partial charge in [-0.25, -0.2) is 4.57 Å². The van der Waals surface area contributed by atoms with Crippen molar-refractivity contribution in [3.8, 4) is 0 Å². The highest BCUT2D eigenvalue weighted by Gasteiger charge is 2.64. The molecule has 16 nitrogen and oxygen atoms in total. The summed E-state index contributed by atoms with van der Waals surface area (Å²) in [7, 11) is -4.59. The molecule has 0 spiro atoms. The summed E-state index contributed by atoms with van der Waals surface area (Å²) in [4.78, 5) is 16.4. The Morgan fingerprint density at radius 1 is 0.657 bits per heavy atom. The number of ether oxygens (including phenoxy) is 3. The van der Waals surface area contributed by atoms with E-state index in [-0.39, 0.29) is 39.5 Å². The lowest BCUT2D eigenvalue weighted by Crippen LogP contribution is -2.62. The van der Waals surface area contributed by atoms with Crippen LogP contribution in [0.3, 0.4) is 0 Å². The van der Waals surface area contributed by atoms with Crippen molar-refractivity contribution in [1.82, 2.24) is 16.4 Å². The number of fused-ring (bicyclic) bond motifs is 6. The molecule has 9 unspecified atom stereocenters. The third-order valence-electron chi connectivity index (χ3n) is 7.52. The number of nitrogens with one attached hydrogen (secondary N) is 3. The largest absolute Gasteiger partial charge is 0.476 e. The Bertz CT molecular complexity index is 742. The van der Waals surface area contributed by atoms with Gasteiger partial charge in [-0.2, -0.15) is 16.4 Å². The zero-order valence-corrected chi connectivity index (χ0v) is 19.6. The van der Waals surface area contributed by atoms with E-state index in [1.54, 1.807) is 0 Å². The Kier molecular flexibility index (Phi) is 6.50. The Labute approximate surface area is 199 Å². The van der Waals surface area contributed by atoms with Crippen molar-refractivity contribution in [3.05, 3.63) is 0 Å². The van der Waals surface area contributed by atoms with Gasteiger partial charge in [0.1, 0.15) is 53.4 Å². The predicted molar refractivity (Wildman–Crippen MR) is 108 cm³/mol. The average molecular weight is 527 g/mol. The number of hydrogen-bond acceptors (Lipinski definition) is 16. The minimum Gasteiger partial charge on any atom is -0.393 e. The summed E-state index contributed by atoms with van der Waals surface area (Å²) in [5.41, 5.74) is 4.32. The van der Waals surface area contributed by atoms with Crippen LogP contribution >= 0.6 is 7.82 Å². The van der Waals surface area contributed by atoms with E-state index in [9.17, 15) is 19.9 Å². The summed E-state index contributed by atoms with van der Waals surface area (Å²) in [6.45, 7) is -0.928. The summed E-state index contributed by atoms with van der Waals surface area (Å²) in [5, 5.41) is 30.3. The fourth-order valence-corrected chi connectivity index (χ4v) is 7.35. The lowest BCUT2D eigenvalue weighted by molar-refractivity contribution is -0.191. The van der Waals surface area contributed by atoms with Crippen LogP contribution in [0, 0.1) is 0 Å². The molecule has 0 aromatic rings. The van der Waals surface area contributed by atoms with E-state index in [2.05, 4.69) is 16.4 Å². The fraction of sp³-hybridized carbons (Fsp3) is 1.00. The van der Waals surface area contributed by atoms with Crippen molar-refractivity contribution in [3.63, 3.8) is 0 Å². The summed E-state index contributed by atoms with van der Waals surface area (Å²) in [6, 6.07) is 0. The molecular formula is C18H30N3O13P. The van der Waals surface area contributed by atoms with Crippen LogP contribution in [0.1, 0.15) is 0 Å². The number of aliphatic hydroxyl groups is 3. The molecule has 6 fully saturated rings. The maximum absolute atomic E-state index is 14.4. The molecule has 6 saturated heterocycles. The Morgan fingerprint density at radius 3 is 1.26 bits per heavy atom. The van der Waals surface area contributed by atoms with E-state index < -0.39 is 81.1 Å². The molecule has 6 heterocycles. The third-order valence-corrected chi connectivity index (χ3v) is 8.98. The topological polar surface area (TPSA) is 197 Å². The van der Waals surface area contributed by atoms with Gasteiger partial charge in [0.25, 0.3) is 0 Å². The Morgan fingerprint density at radius 2 is 0.971 bits per heavy atom. The van der Waals surface area contributed by atoms with Crippen LogP contribution in [0.15, 0.2) is 0 Å². The molecule has 9 atom stereocenters. The molecule has 0 aliphatic carbocycles. The molecule has 0 aromatic carbocycles. The number of phosphoric acid groups is 1. The van der Waals surface area contributed by atoms with Gasteiger partial charge in [-0.05, 0) is 0 Å². The Hall–Kier alpha value is -0.370. The van der Waals surface area contributed by atoms with E-state index in [1.807, 2.05) is 0 Å². The van der Waals surface area contributed by atoms with E-state index in [1.165, 1.54) is 0 Å². The smallest absolute Gasteiger partial charge is 0.393 e. The van der Waals surface area contributed by atoms with Crippen LogP contribution in [0.2, 0.25) is 0 Å². The van der Waals surface area contributed by atoms with Crippen molar-refractivity contribution in [1.29, 1.82) is 0 Å². The molecule has 6 aliphatic heterocycles. The summed E-state index contributed by atoms with van der Waals surface area (Å²) in [5.74, 6) is 0. The van der Waals surface area contributed by atoms with Gasteiger partial charge in [-0.1, -0.05) is 0 Å². The number of rotatable bonds is 9. The first kappa shape index (κ1) is 24.9. The molecule has 6 rings (SSSR count). The second-order valence-electron chi connectivity index (χ2n) is 9.56. The molecule has 200 valence electrons. The highest BCUT2D eigenvalue weighted by Crippen LogP contribution is 2.60. The molecule has 6 aliphatic rings. The molecule has 0 saturated carbocycles. The summed E-state index contributed by atoms with van der Waals surface area (Å²) in [6.07, 6.45) is -5.25. The van der Waals surface area contributed by atoms with Crippen LogP contribution in [-0.2, 0) is 46.9 Å². The van der Waals surface area contributed by atoms with Gasteiger partial charge in [-0.15, -0.1) is 0 Å². The van der Waals surface area contributed by atoms with Crippen molar-refractivity contribution in [2.24, 2.45) is 0 Å². The Balaban J connectivity index is 1.32. The quantitative estimate of drug-likeness (QED) is 0.160. The first-order chi connectivity index (χ1) is 16.9. The molecule has 6 N–H and O–H groups in total. The van der Waals surface area contributed by atoms with Crippen molar-refractivity contribution in [2.45, 2.75) is 53.4 Å². The van der Waals surface area contributed by atoms with Crippen LogP contribution in [0.4, 0.5) is 0 Å². The summed E-state index contributed by atoms with van der Waals surface area (Å²) < 4.78 is 49.8. The van der Waals surface area contributed by atoms with Crippen molar-refractivity contribution < 1.29 is 62.2 Å². The van der Waals surface area contributed by atoms with Crippen LogP contribution in [0.25, 0.3) is 0 Å². The molecule has 17 heteroatoms. The lowest BCUT2D eigenvalue weighted by Gasteiger charge is -2.43. The standard InChI is InChI=1S/C18H30N3O13P/c22-7-16-4-19-29-10(1-26-16)13(16)32-35(25,33-14-11-2-27-17(14,8-23)5-20-30-11)34-15-12-3-28-18(15,9-24)6-21-31-12/h10-15,19-24H,1-9H2. The number of phosphoric ester groups is 1. The van der Waals surface area contributed by atoms with Crippen LogP contribution < -0.4 is 16.4 Å². The SMILES string of the molecule is O=P(OC1C2COC1(CO)CNO2)(OC1C2COC1(CO)CNO2)OC1C2COC1(CO)CNO2. The molecule has 35 heavy (non-hydrogen) atoms. The van der Waals surface area contributed by atoms with Gasteiger partial charge in [0, 0.05) is 0 Å². The molecule has 6 bridgehead atoms. The minimum absolute atomic E-state index is 0.0657. The van der Waals surface area contributed by atoms with E-state index in [0.29, 0.717) is 0 Å². The maximum atomic E-state index is 14.4. The van der Waals surface area contributed by atoms with E-state index in [0.717, 1.165) is 0 Å². The normalized spacial score (nSPS) is 50.4. The highest BCUT2D eigenvalue weighted by molar-refractivity contribution is 7.48. The van der Waals surface area contributed by atoms with Gasteiger partial charge < -0.3 is 29.5 Å². The third kappa shape index (κ3) is 3.92. The average Bonchev–Trinajstić information content (AvgIpc) is 3.25. The minimum atomic E-state index is -4.59. The van der Waals surface area contributed by atoms with Crippen LogP contribution in [-0.4, -0.2) is 128 Å². The predicted octanol–water partition coefficient (Wildman–Crippen LogP) is -3.76. The molecule has 0 aromatic heterocycles. The number of hydrogen-bond donors (Lipinski definition) is 6. The van der Waals surface area contributed by atoms with Gasteiger partial charge in [0.15, 0.2) is 0 Å². The van der Waals surface area contributed by atoms with E-state index in [4.69, 9.17) is 42.3 Å². The first-order valence-electron chi connectivity index (χ1n) is 11.5. The molecule has 0 radical (unpaired) electrons. The van der Waals surface area contributed by atoms with Gasteiger partial charge in [0.2, 0.25) is 0 Å². The lowest BCUT2D eigenvalue weighted by atomic mass is 9.96. The zero-order chi connectivity index (χ0) is 24.3. The monoisotopic (exact) mass is 527 g/mol. The number of aliphatic hydroxyl groups excluding tert-OH is 3. The molecule has 0 amide bonds. The van der Waals surface area contributed by atoms with E-state index >= 15 is 0 Å². The maximum Gasteiger partial charge on any atom is 0.476 e. The van der Waals surface area contributed by atoms with Crippen molar-refractivity contribution in [2.75, 3.05) is 59.3 Å². The summed E-state index contributed by atoms with van der Waals surface area (Å²) >= 11 is 0. The highest BCUT2D eigenvalue weighted by atomic mass is 31.2. The second-order valence-corrected chi connectivity index (χ2v) is 11.1. The number of hydroxylamine groups is 3. The van der Waals surface area contributed by atoms with Crippen molar-refractivity contribution >= 4 is 7.82 Å².